The smallest absolute Gasteiger partial charge is 0.161 e. The molecule has 0 bridgehead atoms. The first-order valence-corrected chi connectivity index (χ1v) is 6.32. The molecule has 0 spiro atoms. The molecule has 0 aromatic heterocycles. The van der Waals surface area contributed by atoms with Gasteiger partial charge in [0.05, 0.1) is 18.8 Å². The number of ether oxygens (including phenoxy) is 3. The Hall–Kier alpha value is -1.30. The predicted molar refractivity (Wildman–Crippen MR) is 67.0 cm³/mol. The number of rotatable bonds is 2. The lowest BCUT2D eigenvalue weighted by Gasteiger charge is -2.29. The van der Waals surface area contributed by atoms with Crippen LogP contribution in [0.1, 0.15) is 11.6 Å². The molecule has 0 radical (unpaired) electrons. The highest BCUT2D eigenvalue weighted by Gasteiger charge is 2.24. The van der Waals surface area contributed by atoms with Crippen LogP contribution in [0.15, 0.2) is 18.2 Å². The van der Waals surface area contributed by atoms with E-state index in [1.165, 1.54) is 0 Å². The van der Waals surface area contributed by atoms with Crippen molar-refractivity contribution in [3.63, 3.8) is 0 Å². The maximum Gasteiger partial charge on any atom is 0.161 e. The highest BCUT2D eigenvalue weighted by molar-refractivity contribution is 5.44. The number of morpholine rings is 1. The first kappa shape index (κ1) is 11.8. The maximum atomic E-state index is 6.24. The molecule has 0 saturated carbocycles. The van der Waals surface area contributed by atoms with Gasteiger partial charge in [-0.3, -0.25) is 0 Å². The molecule has 1 aromatic rings. The van der Waals surface area contributed by atoms with Crippen molar-refractivity contribution in [2.45, 2.75) is 12.1 Å². The summed E-state index contributed by atoms with van der Waals surface area (Å²) >= 11 is 0. The third-order valence-corrected chi connectivity index (χ3v) is 3.31. The Balaban J connectivity index is 1.78. The summed E-state index contributed by atoms with van der Waals surface area (Å²) in [5.74, 6) is 1.57. The molecule has 2 atom stereocenters. The maximum absolute atomic E-state index is 6.24. The van der Waals surface area contributed by atoms with Crippen molar-refractivity contribution < 1.29 is 14.2 Å². The molecule has 2 heterocycles. The zero-order valence-electron chi connectivity index (χ0n) is 10.2. The molecule has 1 aromatic carbocycles. The minimum Gasteiger partial charge on any atom is -0.486 e. The van der Waals surface area contributed by atoms with Crippen molar-refractivity contribution in [3.8, 4) is 11.5 Å². The van der Waals surface area contributed by atoms with Crippen LogP contribution in [0.4, 0.5) is 0 Å². The lowest BCUT2D eigenvalue weighted by Crippen LogP contribution is -2.44. The second-order valence-corrected chi connectivity index (χ2v) is 4.54. The van der Waals surface area contributed by atoms with E-state index in [-0.39, 0.29) is 12.1 Å². The van der Waals surface area contributed by atoms with Gasteiger partial charge in [0.1, 0.15) is 13.2 Å². The molecule has 98 valence electrons. The monoisotopic (exact) mass is 250 g/mol. The molecule has 3 rings (SSSR count). The van der Waals surface area contributed by atoms with Crippen molar-refractivity contribution in [1.29, 1.82) is 0 Å². The fourth-order valence-electron chi connectivity index (χ4n) is 2.30. The highest BCUT2D eigenvalue weighted by atomic mass is 16.6. The van der Waals surface area contributed by atoms with Crippen molar-refractivity contribution >= 4 is 0 Å². The summed E-state index contributed by atoms with van der Waals surface area (Å²) in [6, 6.07) is 5.71. The lowest BCUT2D eigenvalue weighted by atomic mass is 10.0. The predicted octanol–water partition coefficient (Wildman–Crippen LogP) is 0.446. The molecular formula is C13H18N2O3. The fraction of sp³-hybridized carbons (Fsp3) is 0.538. The van der Waals surface area contributed by atoms with Crippen LogP contribution in [0.25, 0.3) is 0 Å². The fourth-order valence-corrected chi connectivity index (χ4v) is 2.30. The van der Waals surface area contributed by atoms with Crippen LogP contribution >= 0.6 is 0 Å². The van der Waals surface area contributed by atoms with Gasteiger partial charge in [0.25, 0.3) is 0 Å². The number of hydrogen-bond acceptors (Lipinski definition) is 5. The van der Waals surface area contributed by atoms with Crippen LogP contribution in [-0.2, 0) is 4.74 Å². The van der Waals surface area contributed by atoms with Crippen LogP contribution in [0.3, 0.4) is 0 Å². The summed E-state index contributed by atoms with van der Waals surface area (Å²) in [6.45, 7) is 3.59. The topological polar surface area (TPSA) is 65.7 Å². The molecule has 18 heavy (non-hydrogen) atoms. The number of nitrogens with one attached hydrogen (secondary N) is 1. The largest absolute Gasteiger partial charge is 0.486 e. The number of nitrogens with two attached hydrogens (primary N) is 1. The number of fused-ring (bicyclic) bond motifs is 1. The summed E-state index contributed by atoms with van der Waals surface area (Å²) in [5.41, 5.74) is 7.26. The van der Waals surface area contributed by atoms with E-state index in [0.717, 1.165) is 30.2 Å². The Morgan fingerprint density at radius 1 is 1.17 bits per heavy atom. The third kappa shape index (κ3) is 2.29. The van der Waals surface area contributed by atoms with Crippen LogP contribution in [-0.4, -0.2) is 39.0 Å². The van der Waals surface area contributed by atoms with E-state index in [2.05, 4.69) is 5.32 Å². The van der Waals surface area contributed by atoms with E-state index in [4.69, 9.17) is 19.9 Å². The van der Waals surface area contributed by atoms with E-state index in [1.807, 2.05) is 18.2 Å². The van der Waals surface area contributed by atoms with Crippen LogP contribution in [0, 0.1) is 0 Å². The Labute approximate surface area is 106 Å². The quantitative estimate of drug-likeness (QED) is 0.797. The molecule has 2 aliphatic rings. The minimum absolute atomic E-state index is 0.0151. The van der Waals surface area contributed by atoms with Gasteiger partial charge in [-0.25, -0.2) is 0 Å². The van der Waals surface area contributed by atoms with Gasteiger partial charge in [0, 0.05) is 13.1 Å². The summed E-state index contributed by atoms with van der Waals surface area (Å²) < 4.78 is 16.7. The summed E-state index contributed by atoms with van der Waals surface area (Å²) in [6.07, 6.45) is 0.0151. The van der Waals surface area contributed by atoms with E-state index < -0.39 is 0 Å². The third-order valence-electron chi connectivity index (χ3n) is 3.31. The second kappa shape index (κ2) is 5.14. The molecule has 1 saturated heterocycles. The standard InChI is InChI=1S/C13H18N2O3/c14-13(12-8-15-3-4-16-12)9-1-2-10-11(7-9)18-6-5-17-10/h1-2,7,12-13,15H,3-6,8,14H2. The number of benzene rings is 1. The normalized spacial score (nSPS) is 24.6. The zero-order chi connectivity index (χ0) is 12.4. The van der Waals surface area contributed by atoms with Gasteiger partial charge < -0.3 is 25.3 Å². The van der Waals surface area contributed by atoms with Crippen molar-refractivity contribution in [3.05, 3.63) is 23.8 Å². The van der Waals surface area contributed by atoms with Crippen LogP contribution < -0.4 is 20.5 Å². The van der Waals surface area contributed by atoms with Crippen molar-refractivity contribution in [2.24, 2.45) is 5.73 Å². The lowest BCUT2D eigenvalue weighted by molar-refractivity contribution is 0.0121. The Kier molecular flexibility index (Phi) is 3.36. The first-order chi connectivity index (χ1) is 8.84. The summed E-state index contributed by atoms with van der Waals surface area (Å²) in [7, 11) is 0. The van der Waals surface area contributed by atoms with Gasteiger partial charge in [0.15, 0.2) is 11.5 Å². The first-order valence-electron chi connectivity index (χ1n) is 6.32. The van der Waals surface area contributed by atoms with E-state index >= 15 is 0 Å². The molecular weight excluding hydrogens is 232 g/mol. The van der Waals surface area contributed by atoms with Crippen LogP contribution in [0.2, 0.25) is 0 Å². The second-order valence-electron chi connectivity index (χ2n) is 4.54. The van der Waals surface area contributed by atoms with Gasteiger partial charge in [0.2, 0.25) is 0 Å². The molecule has 0 aliphatic carbocycles. The average Bonchev–Trinajstić information content (AvgIpc) is 2.47. The van der Waals surface area contributed by atoms with E-state index in [9.17, 15) is 0 Å². The molecule has 2 aliphatic heterocycles. The highest BCUT2D eigenvalue weighted by Crippen LogP contribution is 2.33. The van der Waals surface area contributed by atoms with Gasteiger partial charge in [-0.1, -0.05) is 6.07 Å². The van der Waals surface area contributed by atoms with Crippen LogP contribution in [0.5, 0.6) is 11.5 Å². The summed E-state index contributed by atoms with van der Waals surface area (Å²) in [5, 5.41) is 3.29. The number of hydrogen-bond donors (Lipinski definition) is 2. The molecule has 5 nitrogen and oxygen atoms in total. The van der Waals surface area contributed by atoms with E-state index in [0.29, 0.717) is 19.8 Å². The molecule has 5 heteroatoms. The SMILES string of the molecule is NC(c1ccc2c(c1)OCCO2)C1CNCCO1. The van der Waals surface area contributed by atoms with E-state index in [1.54, 1.807) is 0 Å². The summed E-state index contributed by atoms with van der Waals surface area (Å²) in [4.78, 5) is 0. The van der Waals surface area contributed by atoms with Gasteiger partial charge in [-0.05, 0) is 17.7 Å². The average molecular weight is 250 g/mol. The molecule has 0 amide bonds. The zero-order valence-corrected chi connectivity index (χ0v) is 10.2. The Morgan fingerprint density at radius 2 is 2.00 bits per heavy atom. The van der Waals surface area contributed by atoms with Crippen molar-refractivity contribution in [1.82, 2.24) is 5.32 Å². The molecule has 1 fully saturated rings. The molecule has 2 unspecified atom stereocenters. The minimum atomic E-state index is -0.145. The Morgan fingerprint density at radius 3 is 2.78 bits per heavy atom. The van der Waals surface area contributed by atoms with Gasteiger partial charge in [-0.15, -0.1) is 0 Å². The Bertz CT molecular complexity index is 419. The molecule has 3 N–H and O–H groups in total. The van der Waals surface area contributed by atoms with Gasteiger partial charge in [-0.2, -0.15) is 0 Å². The van der Waals surface area contributed by atoms with Crippen molar-refractivity contribution in [2.75, 3.05) is 32.9 Å². The van der Waals surface area contributed by atoms with Gasteiger partial charge >= 0.3 is 0 Å².